The zero-order valence-corrected chi connectivity index (χ0v) is 13.3. The molecule has 1 rings (SSSR count). The average molecular weight is 299 g/mol. The molecule has 1 aromatic rings. The molecule has 0 heterocycles. The first kappa shape index (κ1) is 17.0. The number of ether oxygens (including phenoxy) is 1. The quantitative estimate of drug-likeness (QED) is 0.801. The minimum absolute atomic E-state index is 0.0379. The van der Waals surface area contributed by atoms with Gasteiger partial charge in [-0.15, -0.1) is 0 Å². The third-order valence-corrected chi connectivity index (χ3v) is 4.78. The van der Waals surface area contributed by atoms with Crippen molar-refractivity contribution in [3.05, 3.63) is 29.8 Å². The summed E-state index contributed by atoms with van der Waals surface area (Å²) in [5, 5.41) is 0. The molecule has 0 saturated carbocycles. The highest BCUT2D eigenvalue weighted by atomic mass is 32.2. The number of benzene rings is 1. The molecule has 0 radical (unpaired) electrons. The van der Waals surface area contributed by atoms with E-state index in [0.29, 0.717) is 24.7 Å². The van der Waals surface area contributed by atoms with Crippen LogP contribution >= 0.6 is 0 Å². The molecule has 1 unspecified atom stereocenters. The molecule has 0 bridgehead atoms. The molecule has 0 fully saturated rings. The first-order chi connectivity index (χ1) is 9.35. The number of rotatable bonds is 8. The van der Waals surface area contributed by atoms with Crippen molar-refractivity contribution in [3.63, 3.8) is 0 Å². The fourth-order valence-electron chi connectivity index (χ4n) is 1.94. The van der Waals surface area contributed by atoms with E-state index in [9.17, 15) is 8.42 Å². The highest BCUT2D eigenvalue weighted by molar-refractivity contribution is 7.91. The van der Waals surface area contributed by atoms with Gasteiger partial charge in [0.05, 0.1) is 18.1 Å². The summed E-state index contributed by atoms with van der Waals surface area (Å²) in [6, 6.07) is 6.80. The largest absolute Gasteiger partial charge is 0.494 e. The molecule has 4 nitrogen and oxygen atoms in total. The summed E-state index contributed by atoms with van der Waals surface area (Å²) in [7, 11) is -3.14. The number of hydrogen-bond acceptors (Lipinski definition) is 4. The lowest BCUT2D eigenvalue weighted by Crippen LogP contribution is -2.24. The Labute approximate surface area is 122 Å². The molecule has 1 atom stereocenters. The fourth-order valence-corrected chi connectivity index (χ4v) is 3.66. The van der Waals surface area contributed by atoms with Gasteiger partial charge in [0.15, 0.2) is 9.84 Å². The van der Waals surface area contributed by atoms with E-state index >= 15 is 0 Å². The van der Waals surface area contributed by atoms with E-state index < -0.39 is 15.9 Å². The lowest BCUT2D eigenvalue weighted by Gasteiger charge is -2.17. The van der Waals surface area contributed by atoms with Crippen molar-refractivity contribution in [2.45, 2.75) is 33.2 Å². The SMILES string of the molecule is CCOc1ccccc1C(N)CS(=O)(=O)CCC(C)C. The van der Waals surface area contributed by atoms with Crippen LogP contribution in [0.5, 0.6) is 5.75 Å². The first-order valence-electron chi connectivity index (χ1n) is 7.03. The van der Waals surface area contributed by atoms with Crippen LogP contribution in [0.3, 0.4) is 0 Å². The van der Waals surface area contributed by atoms with E-state index in [1.165, 1.54) is 0 Å². The number of sulfone groups is 1. The van der Waals surface area contributed by atoms with Crippen molar-refractivity contribution in [3.8, 4) is 5.75 Å². The van der Waals surface area contributed by atoms with Crippen LogP contribution in [0.2, 0.25) is 0 Å². The summed E-state index contributed by atoms with van der Waals surface area (Å²) in [4.78, 5) is 0. The molecule has 0 aliphatic rings. The van der Waals surface area contributed by atoms with Crippen LogP contribution in [0.25, 0.3) is 0 Å². The van der Waals surface area contributed by atoms with Crippen molar-refractivity contribution in [1.82, 2.24) is 0 Å². The molecule has 0 aromatic heterocycles. The predicted molar refractivity (Wildman–Crippen MR) is 82.6 cm³/mol. The van der Waals surface area contributed by atoms with Gasteiger partial charge in [0.2, 0.25) is 0 Å². The first-order valence-corrected chi connectivity index (χ1v) is 8.85. The van der Waals surface area contributed by atoms with Crippen LogP contribution in [0, 0.1) is 5.92 Å². The molecule has 20 heavy (non-hydrogen) atoms. The van der Waals surface area contributed by atoms with Gasteiger partial charge >= 0.3 is 0 Å². The van der Waals surface area contributed by atoms with Crippen LogP contribution < -0.4 is 10.5 Å². The Morgan fingerprint density at radius 2 is 1.90 bits per heavy atom. The molecule has 1 aromatic carbocycles. The van der Waals surface area contributed by atoms with Gasteiger partial charge in [-0.25, -0.2) is 8.42 Å². The minimum atomic E-state index is -3.14. The molecule has 0 aliphatic heterocycles. The molecule has 0 amide bonds. The van der Waals surface area contributed by atoms with Crippen molar-refractivity contribution in [2.24, 2.45) is 11.7 Å². The zero-order chi connectivity index (χ0) is 15.2. The van der Waals surface area contributed by atoms with Crippen LogP contribution in [0.15, 0.2) is 24.3 Å². The minimum Gasteiger partial charge on any atom is -0.494 e. The summed E-state index contributed by atoms with van der Waals surface area (Å²) in [6.07, 6.45) is 0.669. The number of para-hydroxylation sites is 1. The maximum Gasteiger partial charge on any atom is 0.152 e. The van der Waals surface area contributed by atoms with Gasteiger partial charge in [-0.1, -0.05) is 32.0 Å². The molecule has 0 saturated heterocycles. The molecular weight excluding hydrogens is 274 g/mol. The van der Waals surface area contributed by atoms with Crippen molar-refractivity contribution < 1.29 is 13.2 Å². The van der Waals surface area contributed by atoms with E-state index in [4.69, 9.17) is 10.5 Å². The van der Waals surface area contributed by atoms with Crippen LogP contribution in [0.1, 0.15) is 38.8 Å². The molecule has 2 N–H and O–H groups in total. The molecular formula is C15H25NO3S. The Hall–Kier alpha value is -1.07. The Morgan fingerprint density at radius 1 is 1.25 bits per heavy atom. The fraction of sp³-hybridized carbons (Fsp3) is 0.600. The highest BCUT2D eigenvalue weighted by Crippen LogP contribution is 2.25. The molecule has 5 heteroatoms. The van der Waals surface area contributed by atoms with Gasteiger partial charge in [-0.05, 0) is 25.3 Å². The van der Waals surface area contributed by atoms with E-state index in [2.05, 4.69) is 0 Å². The van der Waals surface area contributed by atoms with Gasteiger partial charge in [-0.3, -0.25) is 0 Å². The van der Waals surface area contributed by atoms with Gasteiger partial charge in [0, 0.05) is 11.6 Å². The maximum absolute atomic E-state index is 12.1. The summed E-state index contributed by atoms with van der Waals surface area (Å²) in [5.41, 5.74) is 6.81. The number of nitrogens with two attached hydrogens (primary N) is 1. The number of hydrogen-bond donors (Lipinski definition) is 1. The second-order valence-corrected chi connectivity index (χ2v) is 7.60. The van der Waals surface area contributed by atoms with Crippen molar-refractivity contribution >= 4 is 9.84 Å². The zero-order valence-electron chi connectivity index (χ0n) is 12.5. The van der Waals surface area contributed by atoms with E-state index in [0.717, 1.165) is 5.56 Å². The summed E-state index contributed by atoms with van der Waals surface area (Å²) in [5.74, 6) is 1.19. The van der Waals surface area contributed by atoms with Crippen LogP contribution in [-0.4, -0.2) is 26.5 Å². The Balaban J connectivity index is 2.78. The van der Waals surface area contributed by atoms with Crippen LogP contribution in [0.4, 0.5) is 0 Å². The topological polar surface area (TPSA) is 69.4 Å². The second-order valence-electron chi connectivity index (χ2n) is 5.37. The van der Waals surface area contributed by atoms with Crippen molar-refractivity contribution in [1.29, 1.82) is 0 Å². The van der Waals surface area contributed by atoms with Crippen LogP contribution in [-0.2, 0) is 9.84 Å². The molecule has 0 spiro atoms. The van der Waals surface area contributed by atoms with Gasteiger partial charge in [0.1, 0.15) is 5.75 Å². The average Bonchev–Trinajstić information content (AvgIpc) is 2.37. The Kier molecular flexibility index (Phi) is 6.49. The van der Waals surface area contributed by atoms with Gasteiger partial charge in [0.25, 0.3) is 0 Å². The predicted octanol–water partition coefficient (Wildman–Crippen LogP) is 2.55. The van der Waals surface area contributed by atoms with Crippen molar-refractivity contribution in [2.75, 3.05) is 18.1 Å². The maximum atomic E-state index is 12.1. The molecule has 114 valence electrons. The Morgan fingerprint density at radius 3 is 2.50 bits per heavy atom. The highest BCUT2D eigenvalue weighted by Gasteiger charge is 2.20. The third kappa shape index (κ3) is 5.51. The summed E-state index contributed by atoms with van der Waals surface area (Å²) < 4.78 is 29.6. The van der Waals surface area contributed by atoms with E-state index in [-0.39, 0.29) is 11.5 Å². The normalized spacial score (nSPS) is 13.4. The monoisotopic (exact) mass is 299 g/mol. The third-order valence-electron chi connectivity index (χ3n) is 3.06. The van der Waals surface area contributed by atoms with E-state index in [1.54, 1.807) is 0 Å². The summed E-state index contributed by atoms with van der Waals surface area (Å²) in [6.45, 7) is 6.45. The lowest BCUT2D eigenvalue weighted by atomic mass is 10.1. The summed E-state index contributed by atoms with van der Waals surface area (Å²) >= 11 is 0. The second kappa shape index (κ2) is 7.64. The standard InChI is InChI=1S/C15H25NO3S/c1-4-19-15-8-6-5-7-13(15)14(16)11-20(17,18)10-9-12(2)3/h5-8,12,14H,4,9-11,16H2,1-3H3. The Bertz CT molecular complexity index is 512. The molecule has 0 aliphatic carbocycles. The van der Waals surface area contributed by atoms with Gasteiger partial charge in [-0.2, -0.15) is 0 Å². The van der Waals surface area contributed by atoms with Gasteiger partial charge < -0.3 is 10.5 Å². The van der Waals surface area contributed by atoms with E-state index in [1.807, 2.05) is 45.0 Å². The smallest absolute Gasteiger partial charge is 0.152 e. The lowest BCUT2D eigenvalue weighted by molar-refractivity contribution is 0.335.